The number of tetrazole rings is 1. The van der Waals surface area contributed by atoms with Crippen molar-refractivity contribution in [3.05, 3.63) is 90.0 Å². The Bertz CT molecular complexity index is 1460. The molecule has 0 aliphatic heterocycles. The van der Waals surface area contributed by atoms with Crippen LogP contribution in [0.3, 0.4) is 0 Å². The van der Waals surface area contributed by atoms with Crippen molar-refractivity contribution in [3.8, 4) is 22.5 Å². The van der Waals surface area contributed by atoms with Crippen molar-refractivity contribution in [1.82, 2.24) is 35.4 Å². The van der Waals surface area contributed by atoms with Crippen LogP contribution in [0.25, 0.3) is 22.5 Å². The van der Waals surface area contributed by atoms with Crippen LogP contribution in [-0.4, -0.2) is 77.4 Å². The largest absolute Gasteiger partial charge is 0.374 e. The number of hydrazine groups is 1. The Morgan fingerprint density at radius 2 is 1.62 bits per heavy atom. The zero-order chi connectivity index (χ0) is 27.8. The van der Waals surface area contributed by atoms with Gasteiger partial charge in [0.25, 0.3) is 0 Å². The lowest BCUT2D eigenvalue weighted by molar-refractivity contribution is -0.131. The Kier molecular flexibility index (Phi) is 9.15. The maximum atomic E-state index is 13.3. The van der Waals surface area contributed by atoms with Crippen molar-refractivity contribution in [2.75, 3.05) is 27.0 Å². The predicted octanol–water partition coefficient (Wildman–Crippen LogP) is 2.47. The molecule has 2 N–H and O–H groups in total. The van der Waals surface area contributed by atoms with Crippen LogP contribution in [0, 0.1) is 0 Å². The highest BCUT2D eigenvalue weighted by Gasteiger charge is 2.34. The van der Waals surface area contributed by atoms with Gasteiger partial charge in [0.15, 0.2) is 0 Å². The molecule has 11 nitrogen and oxygen atoms in total. The quantitative estimate of drug-likeness (QED) is 0.258. The minimum absolute atomic E-state index is 0.113. The van der Waals surface area contributed by atoms with E-state index in [0.717, 1.165) is 38.5 Å². The van der Waals surface area contributed by atoms with Gasteiger partial charge in [0.05, 0.1) is 19.5 Å². The van der Waals surface area contributed by atoms with Gasteiger partial charge in [0.2, 0.25) is 21.8 Å². The molecule has 4 aromatic rings. The number of aromatic nitrogens is 4. The van der Waals surface area contributed by atoms with Gasteiger partial charge in [-0.3, -0.25) is 4.79 Å². The van der Waals surface area contributed by atoms with E-state index >= 15 is 0 Å². The van der Waals surface area contributed by atoms with E-state index in [2.05, 4.69) is 25.9 Å². The third kappa shape index (κ3) is 7.33. The molecule has 0 fully saturated rings. The second-order valence-corrected chi connectivity index (χ2v) is 10.9. The number of hydrogen-bond acceptors (Lipinski definition) is 8. The van der Waals surface area contributed by atoms with E-state index in [0.29, 0.717) is 5.82 Å². The number of H-pyrrole nitrogens is 1. The monoisotopic (exact) mass is 549 g/mol. The third-order valence-electron chi connectivity index (χ3n) is 5.94. The molecule has 0 aliphatic rings. The first-order valence-electron chi connectivity index (χ1n) is 12.2. The van der Waals surface area contributed by atoms with Gasteiger partial charge in [-0.2, -0.15) is 5.21 Å². The zero-order valence-electron chi connectivity index (χ0n) is 22.0. The topological polar surface area (TPSA) is 133 Å². The molecule has 1 amide bonds. The Balaban J connectivity index is 1.46. The van der Waals surface area contributed by atoms with Crippen molar-refractivity contribution in [1.29, 1.82) is 0 Å². The molecular formula is C27H31N7O4S. The minimum Gasteiger partial charge on any atom is -0.374 e. The molecule has 1 unspecified atom stereocenters. The fraction of sp³-hybridized carbons (Fsp3) is 0.259. The van der Waals surface area contributed by atoms with Gasteiger partial charge in [-0.15, -0.1) is 14.6 Å². The number of rotatable bonds is 12. The molecule has 0 bridgehead atoms. The minimum atomic E-state index is -3.74. The maximum Gasteiger partial charge on any atom is 0.242 e. The van der Waals surface area contributed by atoms with Crippen molar-refractivity contribution in [3.63, 3.8) is 0 Å². The summed E-state index contributed by atoms with van der Waals surface area (Å²) >= 11 is 0. The Morgan fingerprint density at radius 3 is 2.23 bits per heavy atom. The summed E-state index contributed by atoms with van der Waals surface area (Å²) in [5.74, 6) is 0.0347. The van der Waals surface area contributed by atoms with Gasteiger partial charge in [0, 0.05) is 26.2 Å². The SMILES string of the molecule is CN(C)N(C(COCc1ccccc1)C(=O)NCc1ccc(-c2ccccc2-c2nn[nH]n2)cc1)S(C)(=O)=O. The molecule has 0 radical (unpaired) electrons. The summed E-state index contributed by atoms with van der Waals surface area (Å²) in [6, 6.07) is 23.9. The predicted molar refractivity (Wildman–Crippen MR) is 147 cm³/mol. The van der Waals surface area contributed by atoms with Crippen LogP contribution in [-0.2, 0) is 32.7 Å². The number of sulfonamides is 1. The van der Waals surface area contributed by atoms with E-state index in [9.17, 15) is 13.2 Å². The first-order valence-corrected chi connectivity index (χ1v) is 14.1. The van der Waals surface area contributed by atoms with Crippen LogP contribution >= 0.6 is 0 Å². The molecule has 1 aromatic heterocycles. The second-order valence-electron chi connectivity index (χ2n) is 9.10. The Hall–Kier alpha value is -3.97. The lowest BCUT2D eigenvalue weighted by atomic mass is 9.98. The Labute approximate surface area is 227 Å². The molecule has 0 saturated heterocycles. The molecule has 1 atom stereocenters. The van der Waals surface area contributed by atoms with E-state index in [1.54, 1.807) is 14.1 Å². The highest BCUT2D eigenvalue weighted by Crippen LogP contribution is 2.29. The second kappa shape index (κ2) is 12.7. The zero-order valence-corrected chi connectivity index (χ0v) is 22.8. The summed E-state index contributed by atoms with van der Waals surface area (Å²) in [4.78, 5) is 13.3. The van der Waals surface area contributed by atoms with Crippen LogP contribution in [0.1, 0.15) is 11.1 Å². The molecule has 4 rings (SSSR count). The highest BCUT2D eigenvalue weighted by molar-refractivity contribution is 7.88. The summed E-state index contributed by atoms with van der Waals surface area (Å²) in [7, 11) is -0.598. The summed E-state index contributed by atoms with van der Waals surface area (Å²) in [6.07, 6.45) is 1.07. The van der Waals surface area contributed by atoms with Gasteiger partial charge >= 0.3 is 0 Å². The maximum absolute atomic E-state index is 13.3. The number of amides is 1. The molecular weight excluding hydrogens is 518 g/mol. The fourth-order valence-corrected chi connectivity index (χ4v) is 5.44. The molecule has 204 valence electrons. The van der Waals surface area contributed by atoms with Crippen molar-refractivity contribution >= 4 is 15.9 Å². The van der Waals surface area contributed by atoms with Gasteiger partial charge in [0.1, 0.15) is 6.04 Å². The van der Waals surface area contributed by atoms with Gasteiger partial charge in [-0.25, -0.2) is 13.4 Å². The number of ether oxygens (including phenoxy) is 1. The molecule has 0 spiro atoms. The Morgan fingerprint density at radius 1 is 0.949 bits per heavy atom. The average molecular weight is 550 g/mol. The summed E-state index contributed by atoms with van der Waals surface area (Å²) in [5.41, 5.74) is 4.51. The lowest BCUT2D eigenvalue weighted by Gasteiger charge is -2.33. The number of hydrogen-bond donors (Lipinski definition) is 2. The number of nitrogens with one attached hydrogen (secondary N) is 2. The molecule has 0 saturated carbocycles. The highest BCUT2D eigenvalue weighted by atomic mass is 32.2. The molecule has 12 heteroatoms. The molecule has 39 heavy (non-hydrogen) atoms. The van der Waals surface area contributed by atoms with E-state index in [-0.39, 0.29) is 19.8 Å². The van der Waals surface area contributed by atoms with Crippen LogP contribution in [0.15, 0.2) is 78.9 Å². The summed E-state index contributed by atoms with van der Waals surface area (Å²) in [5, 5.41) is 18.5. The molecule has 0 aliphatic carbocycles. The molecule has 1 heterocycles. The van der Waals surface area contributed by atoms with E-state index in [1.807, 2.05) is 78.9 Å². The first-order chi connectivity index (χ1) is 18.7. The fourth-order valence-electron chi connectivity index (χ4n) is 4.22. The summed E-state index contributed by atoms with van der Waals surface area (Å²) in [6.45, 7) is 0.353. The lowest BCUT2D eigenvalue weighted by Crippen LogP contribution is -2.56. The molecule has 3 aromatic carbocycles. The third-order valence-corrected chi connectivity index (χ3v) is 7.20. The van der Waals surface area contributed by atoms with E-state index < -0.39 is 22.0 Å². The summed E-state index contributed by atoms with van der Waals surface area (Å²) < 4.78 is 31.9. The van der Waals surface area contributed by atoms with Crippen molar-refractivity contribution in [2.24, 2.45) is 0 Å². The first kappa shape index (κ1) is 28.0. The number of benzene rings is 3. The van der Waals surface area contributed by atoms with Gasteiger partial charge in [-0.05, 0) is 27.5 Å². The van der Waals surface area contributed by atoms with Crippen molar-refractivity contribution in [2.45, 2.75) is 19.2 Å². The van der Waals surface area contributed by atoms with Gasteiger partial charge in [-0.1, -0.05) is 78.9 Å². The average Bonchev–Trinajstić information content (AvgIpc) is 3.46. The number of aromatic amines is 1. The van der Waals surface area contributed by atoms with Crippen LogP contribution in [0.4, 0.5) is 0 Å². The number of carbonyl (C=O) groups is 1. The van der Waals surface area contributed by atoms with Gasteiger partial charge < -0.3 is 10.1 Å². The van der Waals surface area contributed by atoms with Crippen LogP contribution < -0.4 is 5.32 Å². The number of nitrogens with zero attached hydrogens (tertiary/aromatic N) is 5. The standard InChI is InChI=1S/C27H31N7O4S/c1-33(2)34(39(3,36)37)25(19-38-18-21-9-5-4-6-10-21)27(35)28-17-20-13-15-22(16-14-20)23-11-7-8-12-24(23)26-29-31-32-30-26/h4-16,25H,17-19H2,1-3H3,(H,28,35)(H,29,30,31,32). The van der Waals surface area contributed by atoms with E-state index in [1.165, 1.54) is 5.01 Å². The van der Waals surface area contributed by atoms with E-state index in [4.69, 9.17) is 4.74 Å². The van der Waals surface area contributed by atoms with Crippen LogP contribution in [0.5, 0.6) is 0 Å². The normalized spacial score (nSPS) is 12.5. The van der Waals surface area contributed by atoms with Crippen molar-refractivity contribution < 1.29 is 17.9 Å². The van der Waals surface area contributed by atoms with Crippen LogP contribution in [0.2, 0.25) is 0 Å². The smallest absolute Gasteiger partial charge is 0.242 e. The number of carbonyl (C=O) groups excluding carboxylic acids is 1.